The molecule has 0 saturated heterocycles. The number of hydrogen-bond donors (Lipinski definition) is 0. The molecule has 0 bridgehead atoms. The van der Waals surface area contributed by atoms with Gasteiger partial charge in [0, 0.05) is 0 Å². The summed E-state index contributed by atoms with van der Waals surface area (Å²) in [5, 5.41) is 0. The van der Waals surface area contributed by atoms with Crippen LogP contribution in [-0.2, 0) is 11.2 Å². The minimum Gasteiger partial charge on any atom is -0.616 e. The van der Waals surface area contributed by atoms with E-state index in [1.165, 1.54) is 96.3 Å². The van der Waals surface area contributed by atoms with Gasteiger partial charge in [-0.05, 0) is 87.2 Å². The Morgan fingerprint density at radius 3 is 1.96 bits per heavy atom. The molecule has 0 aromatic carbocycles. The molecule has 0 heterocycles. The lowest BCUT2D eigenvalue weighted by Gasteiger charge is -2.44. The summed E-state index contributed by atoms with van der Waals surface area (Å²) < 4.78 is 12.9. The zero-order valence-electron chi connectivity index (χ0n) is 17.4. The molecule has 1 atom stereocenters. The molecule has 2 aliphatic carbocycles. The molecular weight excluding hydrogens is 324 g/mol. The summed E-state index contributed by atoms with van der Waals surface area (Å²) in [7, 11) is 0. The molecule has 1 nitrogen and oxygen atoms in total. The Morgan fingerprint density at radius 2 is 1.40 bits per heavy atom. The van der Waals surface area contributed by atoms with E-state index in [9.17, 15) is 4.55 Å². The molecule has 0 radical (unpaired) electrons. The van der Waals surface area contributed by atoms with Crippen LogP contribution in [0, 0.1) is 17.8 Å². The van der Waals surface area contributed by atoms with Gasteiger partial charge in [0.2, 0.25) is 0 Å². The smallest absolute Gasteiger partial charge is 0.125 e. The summed E-state index contributed by atoms with van der Waals surface area (Å²) in [6.07, 6.45) is 20.6. The van der Waals surface area contributed by atoms with Crippen LogP contribution in [0.1, 0.15) is 117 Å². The minimum atomic E-state index is -0.604. The van der Waals surface area contributed by atoms with Crippen LogP contribution >= 0.6 is 0 Å². The molecule has 2 fully saturated rings. The molecule has 25 heavy (non-hydrogen) atoms. The van der Waals surface area contributed by atoms with Crippen LogP contribution in [0.3, 0.4) is 0 Å². The van der Waals surface area contributed by atoms with Gasteiger partial charge in [0.1, 0.15) is 10.5 Å². The largest absolute Gasteiger partial charge is 0.616 e. The highest BCUT2D eigenvalue weighted by atomic mass is 32.2. The summed E-state index contributed by atoms with van der Waals surface area (Å²) in [5.74, 6) is 3.82. The first-order valence-corrected chi connectivity index (χ1v) is 12.9. The third-order valence-corrected chi connectivity index (χ3v) is 9.55. The molecule has 2 saturated carbocycles. The first-order valence-electron chi connectivity index (χ1n) is 11.5. The molecular formula is C23H44OS. The Labute approximate surface area is 161 Å². The zero-order valence-corrected chi connectivity index (χ0v) is 18.2. The molecule has 0 N–H and O–H groups in total. The van der Waals surface area contributed by atoms with Crippen LogP contribution in [0.25, 0.3) is 0 Å². The number of unbranched alkanes of at least 4 members (excludes halogenated alkanes) is 3. The van der Waals surface area contributed by atoms with Gasteiger partial charge in [-0.15, -0.1) is 0 Å². The summed E-state index contributed by atoms with van der Waals surface area (Å²) in [6, 6.07) is 0. The molecule has 0 aliphatic heterocycles. The summed E-state index contributed by atoms with van der Waals surface area (Å²) >= 11 is -0.604. The molecule has 2 heteroatoms. The van der Waals surface area contributed by atoms with Gasteiger partial charge in [-0.25, -0.2) is 0 Å². The third-order valence-electron chi connectivity index (χ3n) is 7.45. The average molecular weight is 369 g/mol. The van der Waals surface area contributed by atoms with Gasteiger partial charge in [0.25, 0.3) is 0 Å². The maximum absolute atomic E-state index is 12.8. The topological polar surface area (TPSA) is 23.1 Å². The van der Waals surface area contributed by atoms with E-state index in [2.05, 4.69) is 20.8 Å². The van der Waals surface area contributed by atoms with Crippen LogP contribution in [0.4, 0.5) is 0 Å². The van der Waals surface area contributed by atoms with Crippen molar-refractivity contribution in [1.82, 2.24) is 0 Å². The number of hydrogen-bond acceptors (Lipinski definition) is 1. The van der Waals surface area contributed by atoms with Gasteiger partial charge in [0.15, 0.2) is 0 Å². The van der Waals surface area contributed by atoms with Crippen molar-refractivity contribution in [2.45, 2.75) is 122 Å². The molecule has 2 rings (SSSR count). The van der Waals surface area contributed by atoms with E-state index in [-0.39, 0.29) is 4.75 Å². The summed E-state index contributed by atoms with van der Waals surface area (Å²) in [4.78, 5) is 0. The van der Waals surface area contributed by atoms with Crippen molar-refractivity contribution in [3.05, 3.63) is 0 Å². The highest BCUT2D eigenvalue weighted by molar-refractivity contribution is 7.92. The summed E-state index contributed by atoms with van der Waals surface area (Å²) in [5.41, 5.74) is 0. The van der Waals surface area contributed by atoms with Crippen LogP contribution in [0.2, 0.25) is 0 Å². The Hall–Kier alpha value is 0.310. The first-order chi connectivity index (χ1) is 12.1. The van der Waals surface area contributed by atoms with Gasteiger partial charge < -0.3 is 4.55 Å². The second-order valence-corrected chi connectivity index (χ2v) is 11.2. The molecule has 0 aromatic heterocycles. The predicted octanol–water partition coefficient (Wildman–Crippen LogP) is 7.26. The highest BCUT2D eigenvalue weighted by Crippen LogP contribution is 2.47. The molecule has 0 amide bonds. The van der Waals surface area contributed by atoms with Crippen molar-refractivity contribution in [3.63, 3.8) is 0 Å². The molecule has 0 spiro atoms. The van der Waals surface area contributed by atoms with Crippen LogP contribution in [0.15, 0.2) is 0 Å². The SMILES string of the molecule is CCCCCC1CCC(C2CCC(CCCC)([S+]([O-])CC)CC2)CC1. The normalized spacial score (nSPS) is 34.8. The van der Waals surface area contributed by atoms with Crippen molar-refractivity contribution in [3.8, 4) is 0 Å². The molecule has 0 aromatic rings. The van der Waals surface area contributed by atoms with E-state index in [0.717, 1.165) is 23.5 Å². The Bertz CT molecular complexity index is 340. The standard InChI is InChI=1S/C23H44OS/c1-4-7-9-10-20-11-13-21(14-12-20)22-15-18-23(19-16-22,17-8-5-2)25(24)6-3/h20-22H,4-19H2,1-3H3. The fourth-order valence-corrected chi connectivity index (χ4v) is 7.34. The van der Waals surface area contributed by atoms with Crippen molar-refractivity contribution in [2.24, 2.45) is 17.8 Å². The van der Waals surface area contributed by atoms with Gasteiger partial charge in [-0.3, -0.25) is 0 Å². The van der Waals surface area contributed by atoms with Gasteiger partial charge in [0.05, 0.1) is 0 Å². The van der Waals surface area contributed by atoms with Crippen molar-refractivity contribution in [1.29, 1.82) is 0 Å². The quantitative estimate of drug-likeness (QED) is 0.294. The van der Waals surface area contributed by atoms with Crippen LogP contribution in [-0.4, -0.2) is 15.1 Å². The van der Waals surface area contributed by atoms with E-state index in [0.29, 0.717) is 0 Å². The van der Waals surface area contributed by atoms with Gasteiger partial charge in [-0.1, -0.05) is 58.8 Å². The van der Waals surface area contributed by atoms with E-state index in [1.807, 2.05) is 0 Å². The van der Waals surface area contributed by atoms with Crippen molar-refractivity contribution in [2.75, 3.05) is 5.75 Å². The predicted molar refractivity (Wildman–Crippen MR) is 112 cm³/mol. The monoisotopic (exact) mass is 368 g/mol. The highest BCUT2D eigenvalue weighted by Gasteiger charge is 2.45. The van der Waals surface area contributed by atoms with Crippen molar-refractivity contribution >= 4 is 11.2 Å². The van der Waals surface area contributed by atoms with Crippen LogP contribution < -0.4 is 0 Å². The van der Waals surface area contributed by atoms with Crippen LogP contribution in [0.5, 0.6) is 0 Å². The van der Waals surface area contributed by atoms with Gasteiger partial charge in [-0.2, -0.15) is 0 Å². The molecule has 2 aliphatic rings. The maximum Gasteiger partial charge on any atom is 0.125 e. The maximum atomic E-state index is 12.8. The fraction of sp³-hybridized carbons (Fsp3) is 1.00. The molecule has 148 valence electrons. The second-order valence-electron chi connectivity index (χ2n) is 9.03. The Morgan fingerprint density at radius 1 is 0.800 bits per heavy atom. The third kappa shape index (κ3) is 6.16. The average Bonchev–Trinajstić information content (AvgIpc) is 2.67. The number of rotatable bonds is 10. The lowest BCUT2D eigenvalue weighted by atomic mass is 9.68. The zero-order chi connectivity index (χ0) is 18.1. The lowest BCUT2D eigenvalue weighted by Crippen LogP contribution is -2.44. The summed E-state index contributed by atoms with van der Waals surface area (Å²) in [6.45, 7) is 6.70. The van der Waals surface area contributed by atoms with E-state index in [4.69, 9.17) is 0 Å². The Kier molecular flexibility index (Phi) is 9.70. The van der Waals surface area contributed by atoms with E-state index < -0.39 is 11.2 Å². The van der Waals surface area contributed by atoms with E-state index >= 15 is 0 Å². The lowest BCUT2D eigenvalue weighted by molar-refractivity contribution is 0.145. The fourth-order valence-electron chi connectivity index (χ4n) is 5.67. The van der Waals surface area contributed by atoms with Crippen molar-refractivity contribution < 1.29 is 4.55 Å². The minimum absolute atomic E-state index is 0.179. The Balaban J connectivity index is 1.77. The molecule has 1 unspecified atom stereocenters. The van der Waals surface area contributed by atoms with Gasteiger partial charge >= 0.3 is 0 Å². The first kappa shape index (κ1) is 21.6. The van der Waals surface area contributed by atoms with E-state index in [1.54, 1.807) is 0 Å². The second kappa shape index (κ2) is 11.2.